The van der Waals surface area contributed by atoms with Gasteiger partial charge in [0.2, 0.25) is 0 Å². The van der Waals surface area contributed by atoms with Gasteiger partial charge in [-0.2, -0.15) is 0 Å². The van der Waals surface area contributed by atoms with Crippen molar-refractivity contribution in [1.82, 2.24) is 14.8 Å². The van der Waals surface area contributed by atoms with Gasteiger partial charge in [0.15, 0.2) is 5.16 Å². The van der Waals surface area contributed by atoms with E-state index in [0.717, 1.165) is 10.9 Å². The molecule has 120 valence electrons. The number of nitrogens with zero attached hydrogens (tertiary/aromatic N) is 3. The Morgan fingerprint density at radius 1 is 1.27 bits per heavy atom. The number of benzene rings is 1. The largest absolute Gasteiger partial charge is 0.491 e. The average molecular weight is 321 g/mol. The van der Waals surface area contributed by atoms with Crippen LogP contribution in [0.4, 0.5) is 0 Å². The highest BCUT2D eigenvalue weighted by atomic mass is 32.2. The van der Waals surface area contributed by atoms with Crippen LogP contribution in [0.5, 0.6) is 5.75 Å². The van der Waals surface area contributed by atoms with Crippen LogP contribution in [-0.2, 0) is 12.5 Å². The van der Waals surface area contributed by atoms with Crippen molar-refractivity contribution in [3.05, 3.63) is 36.2 Å². The van der Waals surface area contributed by atoms with Crippen molar-refractivity contribution in [3.8, 4) is 5.75 Å². The van der Waals surface area contributed by atoms with E-state index in [1.165, 1.54) is 17.3 Å². The molecule has 5 nitrogen and oxygen atoms in total. The second-order valence-electron chi connectivity index (χ2n) is 6.27. The Kier molecular flexibility index (Phi) is 5.47. The Balaban J connectivity index is 1.78. The molecule has 0 spiro atoms. The number of rotatable bonds is 6. The molecule has 2 aromatic rings. The van der Waals surface area contributed by atoms with Gasteiger partial charge >= 0.3 is 0 Å². The summed E-state index contributed by atoms with van der Waals surface area (Å²) in [5.41, 5.74) is 1.39. The number of aliphatic hydroxyl groups is 1. The molecule has 1 N–H and O–H groups in total. The van der Waals surface area contributed by atoms with Crippen LogP contribution < -0.4 is 4.74 Å². The minimum absolute atomic E-state index is 0.130. The molecule has 0 radical (unpaired) electrons. The molecule has 0 fully saturated rings. The number of ether oxygens (including phenoxy) is 1. The number of thioether (sulfide) groups is 1. The molecule has 0 aliphatic rings. The normalized spacial score (nSPS) is 13.1. The maximum absolute atomic E-state index is 9.98. The lowest BCUT2D eigenvalue weighted by Crippen LogP contribution is -2.20. The van der Waals surface area contributed by atoms with Crippen LogP contribution in [0.2, 0.25) is 0 Å². The number of aromatic nitrogens is 3. The first-order valence-electron chi connectivity index (χ1n) is 7.24. The molecule has 1 unspecified atom stereocenters. The first-order valence-corrected chi connectivity index (χ1v) is 8.23. The summed E-state index contributed by atoms with van der Waals surface area (Å²) in [6.07, 6.45) is 1.09. The van der Waals surface area contributed by atoms with Gasteiger partial charge < -0.3 is 14.4 Å². The SMILES string of the molecule is Cn1cnnc1SCC(O)COc1ccc(C(C)(C)C)cc1. The minimum atomic E-state index is -0.552. The van der Waals surface area contributed by atoms with E-state index in [1.807, 2.05) is 23.7 Å². The number of aryl methyl sites for hydroxylation is 1. The van der Waals surface area contributed by atoms with E-state index in [0.29, 0.717) is 5.75 Å². The molecule has 0 bridgehead atoms. The molecule has 0 saturated heterocycles. The average Bonchev–Trinajstić information content (AvgIpc) is 2.88. The zero-order chi connectivity index (χ0) is 16.2. The smallest absolute Gasteiger partial charge is 0.190 e. The fourth-order valence-corrected chi connectivity index (χ4v) is 2.66. The van der Waals surface area contributed by atoms with Gasteiger partial charge in [0, 0.05) is 12.8 Å². The van der Waals surface area contributed by atoms with E-state index in [-0.39, 0.29) is 12.0 Å². The summed E-state index contributed by atoms with van der Waals surface area (Å²) in [4.78, 5) is 0. The monoisotopic (exact) mass is 321 g/mol. The summed E-state index contributed by atoms with van der Waals surface area (Å²) in [5.74, 6) is 1.29. The third-order valence-electron chi connectivity index (χ3n) is 3.24. The van der Waals surface area contributed by atoms with E-state index in [4.69, 9.17) is 4.74 Å². The molecular formula is C16H23N3O2S. The highest BCUT2D eigenvalue weighted by Crippen LogP contribution is 2.24. The van der Waals surface area contributed by atoms with Gasteiger partial charge in [0.1, 0.15) is 18.7 Å². The lowest BCUT2D eigenvalue weighted by molar-refractivity contribution is 0.126. The molecular weight excluding hydrogens is 298 g/mol. The molecule has 0 saturated carbocycles. The van der Waals surface area contributed by atoms with Gasteiger partial charge in [0.05, 0.1) is 6.10 Å². The highest BCUT2D eigenvalue weighted by Gasteiger charge is 2.13. The van der Waals surface area contributed by atoms with Crippen molar-refractivity contribution in [2.75, 3.05) is 12.4 Å². The number of hydrogen-bond acceptors (Lipinski definition) is 5. The van der Waals surface area contributed by atoms with Gasteiger partial charge in [-0.3, -0.25) is 0 Å². The molecule has 2 rings (SSSR count). The lowest BCUT2D eigenvalue weighted by atomic mass is 9.87. The van der Waals surface area contributed by atoms with Crippen molar-refractivity contribution in [2.45, 2.75) is 37.4 Å². The first kappa shape index (κ1) is 16.8. The summed E-state index contributed by atoms with van der Waals surface area (Å²) >= 11 is 1.46. The van der Waals surface area contributed by atoms with Gasteiger partial charge in [0.25, 0.3) is 0 Å². The molecule has 1 atom stereocenters. The fraction of sp³-hybridized carbons (Fsp3) is 0.500. The minimum Gasteiger partial charge on any atom is -0.491 e. The maximum atomic E-state index is 9.98. The van der Waals surface area contributed by atoms with Gasteiger partial charge in [-0.25, -0.2) is 0 Å². The Labute approximate surface area is 135 Å². The zero-order valence-corrected chi connectivity index (χ0v) is 14.3. The summed E-state index contributed by atoms with van der Waals surface area (Å²) in [6, 6.07) is 8.03. The third kappa shape index (κ3) is 4.74. The van der Waals surface area contributed by atoms with E-state index < -0.39 is 6.10 Å². The van der Waals surface area contributed by atoms with Gasteiger partial charge in [-0.1, -0.05) is 44.7 Å². The fourth-order valence-electron chi connectivity index (χ4n) is 1.87. The Hall–Kier alpha value is -1.53. The number of hydrogen-bond donors (Lipinski definition) is 1. The number of aliphatic hydroxyl groups excluding tert-OH is 1. The van der Waals surface area contributed by atoms with Crippen LogP contribution in [0.1, 0.15) is 26.3 Å². The van der Waals surface area contributed by atoms with Crippen molar-refractivity contribution in [1.29, 1.82) is 0 Å². The van der Waals surface area contributed by atoms with Crippen LogP contribution in [-0.4, -0.2) is 38.3 Å². The summed E-state index contributed by atoms with van der Waals surface area (Å²) in [5, 5.41) is 18.5. The quantitative estimate of drug-likeness (QED) is 0.829. The predicted octanol–water partition coefficient (Wildman–Crippen LogP) is 2.64. The topological polar surface area (TPSA) is 60.2 Å². The Bertz CT molecular complexity index is 590. The molecule has 0 aliphatic carbocycles. The second-order valence-corrected chi connectivity index (χ2v) is 7.26. The third-order valence-corrected chi connectivity index (χ3v) is 4.42. The molecule has 1 aromatic heterocycles. The molecule has 0 amide bonds. The van der Waals surface area contributed by atoms with Crippen LogP contribution >= 0.6 is 11.8 Å². The van der Waals surface area contributed by atoms with Crippen molar-refractivity contribution < 1.29 is 9.84 Å². The van der Waals surface area contributed by atoms with Crippen molar-refractivity contribution >= 4 is 11.8 Å². The standard InChI is InChI=1S/C16H23N3O2S/c1-16(2,3)12-5-7-14(8-6-12)21-9-13(20)10-22-15-18-17-11-19(15)4/h5-8,11,13,20H,9-10H2,1-4H3. The lowest BCUT2D eigenvalue weighted by Gasteiger charge is -2.19. The molecule has 1 heterocycles. The van der Waals surface area contributed by atoms with Crippen LogP contribution in [0.25, 0.3) is 0 Å². The van der Waals surface area contributed by atoms with Crippen molar-refractivity contribution in [3.63, 3.8) is 0 Å². The van der Waals surface area contributed by atoms with Gasteiger partial charge in [-0.15, -0.1) is 10.2 Å². The van der Waals surface area contributed by atoms with Crippen LogP contribution in [0.15, 0.2) is 35.7 Å². The van der Waals surface area contributed by atoms with E-state index in [1.54, 1.807) is 6.33 Å². The molecule has 6 heteroatoms. The van der Waals surface area contributed by atoms with Crippen LogP contribution in [0.3, 0.4) is 0 Å². The van der Waals surface area contributed by atoms with E-state index in [2.05, 4.69) is 43.1 Å². The summed E-state index contributed by atoms with van der Waals surface area (Å²) in [7, 11) is 1.88. The first-order chi connectivity index (χ1) is 10.4. The Morgan fingerprint density at radius 3 is 2.50 bits per heavy atom. The molecule has 22 heavy (non-hydrogen) atoms. The predicted molar refractivity (Wildman–Crippen MR) is 88.4 cm³/mol. The molecule has 0 aliphatic heterocycles. The zero-order valence-electron chi connectivity index (χ0n) is 13.5. The van der Waals surface area contributed by atoms with E-state index in [9.17, 15) is 5.11 Å². The highest BCUT2D eigenvalue weighted by molar-refractivity contribution is 7.99. The van der Waals surface area contributed by atoms with E-state index >= 15 is 0 Å². The second kappa shape index (κ2) is 7.15. The Morgan fingerprint density at radius 2 is 1.95 bits per heavy atom. The van der Waals surface area contributed by atoms with Gasteiger partial charge in [-0.05, 0) is 23.1 Å². The maximum Gasteiger partial charge on any atom is 0.190 e. The van der Waals surface area contributed by atoms with Crippen LogP contribution in [0, 0.1) is 0 Å². The summed E-state index contributed by atoms with van der Waals surface area (Å²) in [6.45, 7) is 6.79. The summed E-state index contributed by atoms with van der Waals surface area (Å²) < 4.78 is 7.45. The van der Waals surface area contributed by atoms with Crippen molar-refractivity contribution in [2.24, 2.45) is 7.05 Å². The molecule has 1 aromatic carbocycles.